The van der Waals surface area contributed by atoms with E-state index >= 15 is 0 Å². The third kappa shape index (κ3) is 6.43. The summed E-state index contributed by atoms with van der Waals surface area (Å²) in [5, 5.41) is 12.0. The maximum atomic E-state index is 12.6. The first kappa shape index (κ1) is 22.6. The summed E-state index contributed by atoms with van der Waals surface area (Å²) in [7, 11) is 1.58. The van der Waals surface area contributed by atoms with Gasteiger partial charge >= 0.3 is 0 Å². The molecule has 3 rings (SSSR count). The number of amides is 1. The van der Waals surface area contributed by atoms with Gasteiger partial charge in [0.2, 0.25) is 6.29 Å². The van der Waals surface area contributed by atoms with Crippen LogP contribution in [0.3, 0.4) is 0 Å². The van der Waals surface area contributed by atoms with Crippen molar-refractivity contribution in [1.29, 1.82) is 0 Å². The second kappa shape index (κ2) is 11.3. The topological polar surface area (TPSA) is 77.0 Å². The van der Waals surface area contributed by atoms with Gasteiger partial charge in [-0.1, -0.05) is 42.3 Å². The number of benzene rings is 2. The normalized spacial score (nSPS) is 17.9. The molecule has 0 bridgehead atoms. The van der Waals surface area contributed by atoms with Gasteiger partial charge in [-0.3, -0.25) is 4.79 Å². The first-order valence-electron chi connectivity index (χ1n) is 10.2. The number of allylic oxidation sites excluding steroid dienone is 1. The lowest BCUT2D eigenvalue weighted by Crippen LogP contribution is -2.34. The quantitative estimate of drug-likeness (QED) is 0.481. The van der Waals surface area contributed by atoms with Crippen molar-refractivity contribution in [3.05, 3.63) is 82.6 Å². The molecular formula is C25H27NO5. The number of rotatable bonds is 9. The summed E-state index contributed by atoms with van der Waals surface area (Å²) in [6, 6.07) is 15.2. The molecule has 0 spiro atoms. The van der Waals surface area contributed by atoms with E-state index in [1.54, 1.807) is 7.11 Å². The zero-order valence-corrected chi connectivity index (χ0v) is 17.5. The minimum atomic E-state index is -0.581. The van der Waals surface area contributed by atoms with Crippen molar-refractivity contribution in [3.63, 3.8) is 0 Å². The van der Waals surface area contributed by atoms with Crippen LogP contribution in [-0.4, -0.2) is 37.6 Å². The Morgan fingerprint density at radius 1 is 1.19 bits per heavy atom. The van der Waals surface area contributed by atoms with E-state index in [9.17, 15) is 9.90 Å². The highest BCUT2D eigenvalue weighted by atomic mass is 16.7. The third-order valence-electron chi connectivity index (χ3n) is 5.02. The number of nitrogens with one attached hydrogen (secondary N) is 1. The summed E-state index contributed by atoms with van der Waals surface area (Å²) in [5.74, 6) is 2.49. The van der Waals surface area contributed by atoms with E-state index in [-0.39, 0.29) is 24.2 Å². The van der Waals surface area contributed by atoms with Gasteiger partial charge in [-0.05, 0) is 34.9 Å². The molecule has 1 aliphatic heterocycles. The Morgan fingerprint density at radius 2 is 1.90 bits per heavy atom. The van der Waals surface area contributed by atoms with Crippen molar-refractivity contribution >= 4 is 5.91 Å². The molecule has 2 atom stereocenters. The summed E-state index contributed by atoms with van der Waals surface area (Å²) in [4.78, 5) is 12.6. The lowest BCUT2D eigenvalue weighted by atomic mass is 9.92. The van der Waals surface area contributed by atoms with Crippen LogP contribution in [0, 0.1) is 12.3 Å². The molecule has 1 amide bonds. The fourth-order valence-corrected chi connectivity index (χ4v) is 3.26. The van der Waals surface area contributed by atoms with Gasteiger partial charge in [0.05, 0.1) is 19.8 Å². The minimum Gasteiger partial charge on any atom is -0.459 e. The van der Waals surface area contributed by atoms with Crippen LogP contribution in [0.2, 0.25) is 0 Å². The van der Waals surface area contributed by atoms with Crippen LogP contribution in [0.25, 0.3) is 0 Å². The molecule has 162 valence electrons. The van der Waals surface area contributed by atoms with Crippen LogP contribution >= 0.6 is 0 Å². The van der Waals surface area contributed by atoms with Crippen molar-refractivity contribution in [1.82, 2.24) is 5.32 Å². The Labute approximate surface area is 182 Å². The lowest BCUT2D eigenvalue weighted by Gasteiger charge is -2.29. The summed E-state index contributed by atoms with van der Waals surface area (Å²) in [5.41, 5.74) is 3.63. The molecule has 2 aromatic carbocycles. The van der Waals surface area contributed by atoms with Crippen molar-refractivity contribution < 1.29 is 24.1 Å². The van der Waals surface area contributed by atoms with E-state index < -0.39 is 6.29 Å². The fourth-order valence-electron chi connectivity index (χ4n) is 3.26. The number of ether oxygens (including phenoxy) is 3. The minimum absolute atomic E-state index is 0.000638. The van der Waals surface area contributed by atoms with Gasteiger partial charge in [0.25, 0.3) is 5.91 Å². The highest BCUT2D eigenvalue weighted by molar-refractivity contribution is 5.91. The fraction of sp³-hybridized carbons (Fsp3) is 0.320. The van der Waals surface area contributed by atoms with Gasteiger partial charge in [0.15, 0.2) is 5.76 Å². The monoisotopic (exact) mass is 421 g/mol. The van der Waals surface area contributed by atoms with E-state index in [1.165, 1.54) is 0 Å². The smallest absolute Gasteiger partial charge is 0.286 e. The first-order valence-corrected chi connectivity index (χ1v) is 10.2. The molecule has 2 N–H and O–H groups in total. The maximum absolute atomic E-state index is 12.6. The van der Waals surface area contributed by atoms with Crippen LogP contribution in [0.15, 0.2) is 60.4 Å². The predicted molar refractivity (Wildman–Crippen MR) is 117 cm³/mol. The van der Waals surface area contributed by atoms with Crippen molar-refractivity contribution in [3.8, 4) is 12.3 Å². The number of hydrogen-bond donors (Lipinski definition) is 2. The zero-order valence-electron chi connectivity index (χ0n) is 17.5. The van der Waals surface area contributed by atoms with Gasteiger partial charge in [-0.25, -0.2) is 0 Å². The molecule has 0 aliphatic carbocycles. The molecule has 0 unspecified atom stereocenters. The van der Waals surface area contributed by atoms with Gasteiger partial charge < -0.3 is 24.6 Å². The van der Waals surface area contributed by atoms with Crippen LogP contribution in [0.5, 0.6) is 0 Å². The van der Waals surface area contributed by atoms with E-state index in [0.29, 0.717) is 26.2 Å². The molecule has 2 aromatic rings. The van der Waals surface area contributed by atoms with Crippen LogP contribution in [0.1, 0.15) is 34.6 Å². The van der Waals surface area contributed by atoms with Crippen molar-refractivity contribution in [2.45, 2.75) is 31.8 Å². The van der Waals surface area contributed by atoms with E-state index in [4.69, 9.17) is 20.6 Å². The molecule has 1 aliphatic rings. The maximum Gasteiger partial charge on any atom is 0.286 e. The largest absolute Gasteiger partial charge is 0.459 e. The molecule has 0 aromatic heterocycles. The number of carbonyl (C=O) groups is 1. The second-order valence-corrected chi connectivity index (χ2v) is 7.22. The van der Waals surface area contributed by atoms with Gasteiger partial charge in [-0.2, -0.15) is 0 Å². The van der Waals surface area contributed by atoms with Crippen molar-refractivity contribution in [2.24, 2.45) is 0 Å². The lowest BCUT2D eigenvalue weighted by molar-refractivity contribution is -0.150. The summed E-state index contributed by atoms with van der Waals surface area (Å²) in [6.45, 7) is 1.14. The van der Waals surface area contributed by atoms with Gasteiger partial charge in [-0.15, -0.1) is 6.42 Å². The molecule has 0 saturated carbocycles. The Bertz CT molecular complexity index is 928. The second-order valence-electron chi connectivity index (χ2n) is 7.22. The Morgan fingerprint density at radius 3 is 2.55 bits per heavy atom. The van der Waals surface area contributed by atoms with Gasteiger partial charge in [0.1, 0.15) is 0 Å². The highest BCUT2D eigenvalue weighted by Gasteiger charge is 2.28. The van der Waals surface area contributed by atoms with E-state index in [2.05, 4.69) is 11.2 Å². The number of carbonyl (C=O) groups excluding carboxylic acids is 1. The molecule has 6 heteroatoms. The number of hydrogen-bond acceptors (Lipinski definition) is 5. The number of methoxy groups -OCH3 is 1. The summed E-state index contributed by atoms with van der Waals surface area (Å²) in [6.07, 6.45) is 7.26. The summed E-state index contributed by atoms with van der Waals surface area (Å²) < 4.78 is 16.8. The van der Waals surface area contributed by atoms with E-state index in [0.717, 1.165) is 22.3 Å². The average molecular weight is 421 g/mol. The molecular weight excluding hydrogens is 394 g/mol. The standard InChI is InChI=1S/C25H27NO5/c1-3-18-8-10-21(11-9-18)22-14-23(25(28)26-12-13-29-2)31-24(15-22)30-17-20-6-4-19(16-27)5-7-20/h1,4-11,14,22,24,27H,12-13,15-17H2,2H3,(H,26,28)/t22-,24+/m1/s1. The Kier molecular flexibility index (Phi) is 8.25. The Hall–Kier alpha value is -3.11. The highest BCUT2D eigenvalue weighted by Crippen LogP contribution is 2.32. The Balaban J connectivity index is 1.72. The molecule has 6 nitrogen and oxygen atoms in total. The molecule has 1 heterocycles. The van der Waals surface area contributed by atoms with E-state index in [1.807, 2.05) is 54.6 Å². The number of aliphatic hydroxyl groups is 1. The first-order chi connectivity index (χ1) is 15.1. The molecule has 0 fully saturated rings. The zero-order chi connectivity index (χ0) is 22.1. The molecule has 0 radical (unpaired) electrons. The number of terminal acetylenes is 1. The van der Waals surface area contributed by atoms with Crippen LogP contribution in [-0.2, 0) is 32.2 Å². The SMILES string of the molecule is C#Cc1ccc([C@@H]2C=C(C(=O)NCCOC)O[C@H](OCc3ccc(CO)cc3)C2)cc1. The van der Waals surface area contributed by atoms with Gasteiger partial charge in [0, 0.05) is 31.6 Å². The van der Waals surface area contributed by atoms with Crippen molar-refractivity contribution in [2.75, 3.05) is 20.3 Å². The molecule has 31 heavy (non-hydrogen) atoms. The molecule has 0 saturated heterocycles. The van der Waals surface area contributed by atoms with Crippen LogP contribution in [0.4, 0.5) is 0 Å². The average Bonchev–Trinajstić information content (AvgIpc) is 2.83. The van der Waals surface area contributed by atoms with Crippen LogP contribution < -0.4 is 5.32 Å². The number of aliphatic hydroxyl groups excluding tert-OH is 1. The predicted octanol–water partition coefficient (Wildman–Crippen LogP) is 2.85. The summed E-state index contributed by atoms with van der Waals surface area (Å²) >= 11 is 0. The third-order valence-corrected chi connectivity index (χ3v) is 5.02.